The number of nitrogens with two attached hydrogens (primary N) is 1. The molecule has 140 valence electrons. The number of fused-ring (bicyclic) bond motifs is 1. The average molecular weight is 460 g/mol. The van der Waals surface area contributed by atoms with Crippen molar-refractivity contribution in [2.75, 3.05) is 40.5 Å². The van der Waals surface area contributed by atoms with Crippen LogP contribution in [0.4, 0.5) is 0 Å². The van der Waals surface area contributed by atoms with Gasteiger partial charge in [0.1, 0.15) is 5.75 Å². The summed E-state index contributed by atoms with van der Waals surface area (Å²) in [5, 5.41) is 3.37. The number of rotatable bonds is 4. The van der Waals surface area contributed by atoms with E-state index in [2.05, 4.69) is 35.4 Å². The Bertz CT molecular complexity index is 588. The molecule has 0 aliphatic carbocycles. The van der Waals surface area contributed by atoms with E-state index in [-0.39, 0.29) is 35.6 Å². The molecule has 1 unspecified atom stereocenters. The number of likely N-dealkylation sites (N-methyl/N-ethyl adjacent to an activating group) is 1. The quantitative estimate of drug-likeness (QED) is 0.410. The Morgan fingerprint density at radius 1 is 1.28 bits per heavy atom. The standard InChI is InChI=1S/C18H28N4O2.HI/c1-22(2)18(8-11-23-12-9-18)13-20-17(19)21-15-7-10-24-16-6-4-3-5-14(15)16;/h3-6,15H,7-13H2,1-2H3,(H3,19,20,21);1H. The van der Waals surface area contributed by atoms with Crippen LogP contribution in [0.15, 0.2) is 29.3 Å². The van der Waals surface area contributed by atoms with Crippen molar-refractivity contribution in [3.05, 3.63) is 29.8 Å². The monoisotopic (exact) mass is 460 g/mol. The Balaban J connectivity index is 0.00000225. The van der Waals surface area contributed by atoms with Crippen LogP contribution >= 0.6 is 24.0 Å². The molecule has 1 saturated heterocycles. The van der Waals surface area contributed by atoms with Crippen molar-refractivity contribution < 1.29 is 9.47 Å². The van der Waals surface area contributed by atoms with Gasteiger partial charge >= 0.3 is 0 Å². The highest BCUT2D eigenvalue weighted by atomic mass is 127. The zero-order chi connectivity index (χ0) is 17.0. The molecule has 2 aliphatic rings. The number of aliphatic imine (C=N–C) groups is 1. The summed E-state index contributed by atoms with van der Waals surface area (Å²) in [6, 6.07) is 8.26. The number of ether oxygens (including phenoxy) is 2. The van der Waals surface area contributed by atoms with Crippen molar-refractivity contribution >= 4 is 29.9 Å². The van der Waals surface area contributed by atoms with Crippen LogP contribution in [0.1, 0.15) is 30.9 Å². The maximum atomic E-state index is 6.19. The zero-order valence-corrected chi connectivity index (χ0v) is 17.4. The number of halogens is 1. The van der Waals surface area contributed by atoms with Crippen molar-refractivity contribution in [3.8, 4) is 5.75 Å². The Kier molecular flexibility index (Phi) is 7.33. The number of nitrogens with one attached hydrogen (secondary N) is 1. The summed E-state index contributed by atoms with van der Waals surface area (Å²) in [4.78, 5) is 6.91. The molecular formula is C18H29IN4O2. The zero-order valence-electron chi connectivity index (χ0n) is 15.0. The van der Waals surface area contributed by atoms with Crippen LogP contribution in [-0.2, 0) is 4.74 Å². The number of hydrogen-bond acceptors (Lipinski definition) is 4. The van der Waals surface area contributed by atoms with Crippen LogP contribution in [0.25, 0.3) is 0 Å². The van der Waals surface area contributed by atoms with Crippen LogP contribution in [-0.4, -0.2) is 56.9 Å². The molecule has 25 heavy (non-hydrogen) atoms. The molecule has 0 bridgehead atoms. The van der Waals surface area contributed by atoms with Crippen LogP contribution in [0.3, 0.4) is 0 Å². The number of benzene rings is 1. The fourth-order valence-electron chi connectivity index (χ4n) is 3.45. The molecule has 1 atom stereocenters. The molecule has 3 N–H and O–H groups in total. The summed E-state index contributed by atoms with van der Waals surface area (Å²) in [5.74, 6) is 1.44. The Morgan fingerprint density at radius 3 is 2.72 bits per heavy atom. The number of hydrogen-bond donors (Lipinski definition) is 2. The maximum absolute atomic E-state index is 6.19. The highest BCUT2D eigenvalue weighted by Gasteiger charge is 2.34. The molecule has 2 aliphatic heterocycles. The van der Waals surface area contributed by atoms with E-state index in [1.54, 1.807) is 0 Å². The Hall–Kier alpha value is -1.06. The van der Waals surface area contributed by atoms with Crippen LogP contribution in [0.5, 0.6) is 5.75 Å². The molecular weight excluding hydrogens is 431 g/mol. The minimum atomic E-state index is 0. The molecule has 0 amide bonds. The van der Waals surface area contributed by atoms with E-state index in [4.69, 9.17) is 15.2 Å². The van der Waals surface area contributed by atoms with Gasteiger partial charge in [-0.1, -0.05) is 18.2 Å². The molecule has 2 heterocycles. The molecule has 0 aromatic heterocycles. The van der Waals surface area contributed by atoms with Gasteiger partial charge in [-0.05, 0) is 33.0 Å². The highest BCUT2D eigenvalue weighted by molar-refractivity contribution is 14.0. The summed E-state index contributed by atoms with van der Waals surface area (Å²) in [7, 11) is 4.22. The maximum Gasteiger partial charge on any atom is 0.189 e. The second-order valence-electron chi connectivity index (χ2n) is 6.80. The summed E-state index contributed by atoms with van der Waals surface area (Å²) in [6.45, 7) is 2.96. The first-order valence-corrected chi connectivity index (χ1v) is 8.64. The molecule has 0 saturated carbocycles. The normalized spacial score (nSPS) is 22.5. The van der Waals surface area contributed by atoms with Gasteiger partial charge in [0.2, 0.25) is 0 Å². The molecule has 1 aromatic carbocycles. The third-order valence-corrected chi connectivity index (χ3v) is 5.20. The lowest BCUT2D eigenvalue weighted by molar-refractivity contribution is -0.00253. The van der Waals surface area contributed by atoms with Gasteiger partial charge in [-0.2, -0.15) is 0 Å². The summed E-state index contributed by atoms with van der Waals surface area (Å²) in [6.07, 6.45) is 2.85. The molecule has 6 nitrogen and oxygen atoms in total. The lowest BCUT2D eigenvalue weighted by Gasteiger charge is -2.41. The van der Waals surface area contributed by atoms with E-state index in [1.807, 2.05) is 18.2 Å². The van der Waals surface area contributed by atoms with Gasteiger partial charge < -0.3 is 25.4 Å². The lowest BCUT2D eigenvalue weighted by Crippen LogP contribution is -2.51. The fraction of sp³-hybridized carbons (Fsp3) is 0.611. The molecule has 3 rings (SSSR count). The average Bonchev–Trinajstić information content (AvgIpc) is 2.61. The predicted octanol–water partition coefficient (Wildman–Crippen LogP) is 2.14. The first-order chi connectivity index (χ1) is 11.6. The van der Waals surface area contributed by atoms with Crippen molar-refractivity contribution in [2.45, 2.75) is 30.8 Å². The molecule has 7 heteroatoms. The first kappa shape index (κ1) is 20.3. The largest absolute Gasteiger partial charge is 0.493 e. The number of guanidine groups is 1. The minimum Gasteiger partial charge on any atom is -0.493 e. The minimum absolute atomic E-state index is 0. The number of nitrogens with zero attached hydrogens (tertiary/aromatic N) is 2. The SMILES string of the molecule is CN(C)C1(CN=C(N)NC2CCOc3ccccc32)CCOCC1.I. The molecule has 0 radical (unpaired) electrons. The van der Waals surface area contributed by atoms with Gasteiger partial charge in [0.05, 0.1) is 19.2 Å². The van der Waals surface area contributed by atoms with Crippen molar-refractivity contribution in [3.63, 3.8) is 0 Å². The van der Waals surface area contributed by atoms with E-state index in [9.17, 15) is 0 Å². The third-order valence-electron chi connectivity index (χ3n) is 5.20. The topological polar surface area (TPSA) is 72.1 Å². The van der Waals surface area contributed by atoms with E-state index >= 15 is 0 Å². The fourth-order valence-corrected chi connectivity index (χ4v) is 3.45. The first-order valence-electron chi connectivity index (χ1n) is 8.64. The third kappa shape index (κ3) is 4.77. The van der Waals surface area contributed by atoms with Crippen LogP contribution in [0, 0.1) is 0 Å². The summed E-state index contributed by atoms with van der Waals surface area (Å²) < 4.78 is 11.2. The molecule has 0 spiro atoms. The summed E-state index contributed by atoms with van der Waals surface area (Å²) >= 11 is 0. The van der Waals surface area contributed by atoms with E-state index in [1.165, 1.54) is 0 Å². The van der Waals surface area contributed by atoms with Crippen LogP contribution in [0.2, 0.25) is 0 Å². The van der Waals surface area contributed by atoms with Crippen LogP contribution < -0.4 is 15.8 Å². The van der Waals surface area contributed by atoms with Crippen molar-refractivity contribution in [1.29, 1.82) is 0 Å². The Morgan fingerprint density at radius 2 is 2.00 bits per heavy atom. The van der Waals surface area contributed by atoms with E-state index in [0.717, 1.165) is 43.8 Å². The number of para-hydroxylation sites is 1. The van der Waals surface area contributed by atoms with Gasteiger partial charge in [-0.3, -0.25) is 4.99 Å². The van der Waals surface area contributed by atoms with Gasteiger partial charge in [-0.15, -0.1) is 24.0 Å². The molecule has 1 aromatic rings. The van der Waals surface area contributed by atoms with Crippen molar-refractivity contribution in [2.24, 2.45) is 10.7 Å². The van der Waals surface area contributed by atoms with Gasteiger partial charge in [-0.25, -0.2) is 0 Å². The van der Waals surface area contributed by atoms with E-state index < -0.39 is 0 Å². The highest BCUT2D eigenvalue weighted by Crippen LogP contribution is 2.31. The Labute approximate surface area is 167 Å². The van der Waals surface area contributed by atoms with Gasteiger partial charge in [0, 0.05) is 30.7 Å². The lowest BCUT2D eigenvalue weighted by atomic mass is 9.89. The summed E-state index contributed by atoms with van der Waals surface area (Å²) in [5.41, 5.74) is 7.37. The van der Waals surface area contributed by atoms with Gasteiger partial charge in [0.15, 0.2) is 5.96 Å². The second-order valence-corrected chi connectivity index (χ2v) is 6.80. The second kappa shape index (κ2) is 9.05. The van der Waals surface area contributed by atoms with Gasteiger partial charge in [0.25, 0.3) is 0 Å². The smallest absolute Gasteiger partial charge is 0.189 e. The predicted molar refractivity (Wildman–Crippen MR) is 111 cm³/mol. The van der Waals surface area contributed by atoms with E-state index in [0.29, 0.717) is 19.1 Å². The molecule has 1 fully saturated rings. The van der Waals surface area contributed by atoms with Crippen molar-refractivity contribution in [1.82, 2.24) is 10.2 Å².